The molecule has 0 fully saturated rings. The highest BCUT2D eigenvalue weighted by Gasteiger charge is 2.11. The van der Waals surface area contributed by atoms with E-state index in [4.69, 9.17) is 5.11 Å². The molecule has 1 heterocycles. The summed E-state index contributed by atoms with van der Waals surface area (Å²) < 4.78 is 26.4. The van der Waals surface area contributed by atoms with Crippen LogP contribution in [0.5, 0.6) is 0 Å². The van der Waals surface area contributed by atoms with Crippen LogP contribution in [-0.4, -0.2) is 30.9 Å². The van der Waals surface area contributed by atoms with Crippen LogP contribution in [-0.2, 0) is 10.0 Å². The van der Waals surface area contributed by atoms with Gasteiger partial charge in [-0.3, -0.25) is 9.71 Å². The van der Waals surface area contributed by atoms with Gasteiger partial charge in [0.1, 0.15) is 0 Å². The summed E-state index contributed by atoms with van der Waals surface area (Å²) >= 11 is 0. The van der Waals surface area contributed by atoms with Crippen molar-refractivity contribution in [2.45, 2.75) is 12.8 Å². The van der Waals surface area contributed by atoms with Crippen molar-refractivity contribution in [2.24, 2.45) is 0 Å². The summed E-state index contributed by atoms with van der Waals surface area (Å²) in [6, 6.07) is 7.17. The lowest BCUT2D eigenvalue weighted by atomic mass is 10.1. The normalized spacial score (nSPS) is 11.6. The summed E-state index contributed by atoms with van der Waals surface area (Å²) in [5.41, 5.74) is 0.559. The van der Waals surface area contributed by atoms with Crippen molar-refractivity contribution in [1.29, 1.82) is 0 Å². The fourth-order valence-corrected chi connectivity index (χ4v) is 3.03. The molecule has 0 radical (unpaired) electrons. The highest BCUT2D eigenvalue weighted by molar-refractivity contribution is 7.92. The standard InChI is InChI=1S/C13H16N2O3S/c16-8-1-2-9-19(17,18)15-13-5-3-4-11-10-14-7-6-12(11)13/h3-7,10,15-16H,1-2,8-9H2. The molecule has 0 aliphatic heterocycles. The third-order valence-electron chi connectivity index (χ3n) is 2.77. The summed E-state index contributed by atoms with van der Waals surface area (Å²) in [6.45, 7) is 0.00938. The molecule has 102 valence electrons. The smallest absolute Gasteiger partial charge is 0.232 e. The average Bonchev–Trinajstić information content (AvgIpc) is 2.39. The second kappa shape index (κ2) is 5.99. The van der Waals surface area contributed by atoms with Crippen LogP contribution < -0.4 is 4.72 Å². The van der Waals surface area contributed by atoms with Gasteiger partial charge in [0.05, 0.1) is 11.4 Å². The topological polar surface area (TPSA) is 79.3 Å². The van der Waals surface area contributed by atoms with E-state index in [2.05, 4.69) is 9.71 Å². The maximum Gasteiger partial charge on any atom is 0.232 e. The van der Waals surface area contributed by atoms with E-state index in [1.165, 1.54) is 0 Å². The highest BCUT2D eigenvalue weighted by Crippen LogP contribution is 2.23. The van der Waals surface area contributed by atoms with E-state index in [0.717, 1.165) is 10.8 Å². The van der Waals surface area contributed by atoms with E-state index >= 15 is 0 Å². The molecule has 0 saturated heterocycles. The van der Waals surface area contributed by atoms with Crippen LogP contribution in [0.2, 0.25) is 0 Å². The largest absolute Gasteiger partial charge is 0.396 e. The second-order valence-corrected chi connectivity index (χ2v) is 6.10. The predicted molar refractivity (Wildman–Crippen MR) is 75.5 cm³/mol. The zero-order chi connectivity index (χ0) is 13.7. The lowest BCUT2D eigenvalue weighted by Crippen LogP contribution is -2.17. The molecule has 6 heteroatoms. The Hall–Kier alpha value is -1.66. The maximum absolute atomic E-state index is 11.9. The van der Waals surface area contributed by atoms with Gasteiger partial charge < -0.3 is 5.11 Å². The SMILES string of the molecule is O=S(=O)(CCCCO)Nc1cccc2cnccc12. The van der Waals surface area contributed by atoms with Crippen molar-refractivity contribution in [1.82, 2.24) is 4.98 Å². The summed E-state index contributed by atoms with van der Waals surface area (Å²) in [6.07, 6.45) is 4.25. The quantitative estimate of drug-likeness (QED) is 0.790. The van der Waals surface area contributed by atoms with Crippen molar-refractivity contribution in [3.05, 3.63) is 36.7 Å². The molecule has 2 rings (SSSR count). The van der Waals surface area contributed by atoms with Crippen LogP contribution in [0.1, 0.15) is 12.8 Å². The number of nitrogens with zero attached hydrogens (tertiary/aromatic N) is 1. The third kappa shape index (κ3) is 3.65. The Morgan fingerprint density at radius 2 is 2.05 bits per heavy atom. The number of hydrogen-bond donors (Lipinski definition) is 2. The Labute approximate surface area is 112 Å². The molecule has 19 heavy (non-hydrogen) atoms. The van der Waals surface area contributed by atoms with E-state index in [1.54, 1.807) is 30.6 Å². The zero-order valence-electron chi connectivity index (χ0n) is 10.4. The van der Waals surface area contributed by atoms with Crippen LogP contribution in [0.25, 0.3) is 10.8 Å². The summed E-state index contributed by atoms with van der Waals surface area (Å²) in [5.74, 6) is 0.00896. The predicted octanol–water partition coefficient (Wildman–Crippen LogP) is 1.75. The molecule has 1 aromatic heterocycles. The molecule has 0 aliphatic carbocycles. The summed E-state index contributed by atoms with van der Waals surface area (Å²) in [4.78, 5) is 4.01. The molecule has 0 amide bonds. The highest BCUT2D eigenvalue weighted by atomic mass is 32.2. The Balaban J connectivity index is 2.21. The van der Waals surface area contributed by atoms with Crippen LogP contribution in [0.3, 0.4) is 0 Å². The van der Waals surface area contributed by atoms with E-state index in [1.807, 2.05) is 6.07 Å². The van der Waals surface area contributed by atoms with Gasteiger partial charge in [0.15, 0.2) is 0 Å². The van der Waals surface area contributed by atoms with Gasteiger partial charge in [0.2, 0.25) is 10.0 Å². The number of unbranched alkanes of at least 4 members (excludes halogenated alkanes) is 1. The number of aliphatic hydroxyl groups is 1. The van der Waals surface area contributed by atoms with Gasteiger partial charge in [0, 0.05) is 29.8 Å². The van der Waals surface area contributed by atoms with Crippen LogP contribution >= 0.6 is 0 Å². The molecule has 2 aromatic rings. The first-order chi connectivity index (χ1) is 9.12. The second-order valence-electron chi connectivity index (χ2n) is 4.25. The Kier molecular flexibility index (Phi) is 4.34. The lowest BCUT2D eigenvalue weighted by Gasteiger charge is -2.10. The molecule has 0 unspecified atom stereocenters. The van der Waals surface area contributed by atoms with Gasteiger partial charge in [-0.2, -0.15) is 0 Å². The lowest BCUT2D eigenvalue weighted by molar-refractivity contribution is 0.287. The van der Waals surface area contributed by atoms with E-state index < -0.39 is 10.0 Å². The van der Waals surface area contributed by atoms with Crippen LogP contribution in [0.15, 0.2) is 36.7 Å². The van der Waals surface area contributed by atoms with Gasteiger partial charge in [-0.05, 0) is 25.0 Å². The average molecular weight is 280 g/mol. The van der Waals surface area contributed by atoms with E-state index in [0.29, 0.717) is 18.5 Å². The van der Waals surface area contributed by atoms with Gasteiger partial charge >= 0.3 is 0 Å². The molecule has 5 nitrogen and oxygen atoms in total. The molecular formula is C13H16N2O3S. The van der Waals surface area contributed by atoms with Crippen molar-refractivity contribution in [2.75, 3.05) is 17.1 Å². The van der Waals surface area contributed by atoms with Crippen LogP contribution in [0, 0.1) is 0 Å². The maximum atomic E-state index is 11.9. The van der Waals surface area contributed by atoms with Crippen molar-refractivity contribution in [3.63, 3.8) is 0 Å². The number of aliphatic hydroxyl groups excluding tert-OH is 1. The van der Waals surface area contributed by atoms with Gasteiger partial charge in [-0.15, -0.1) is 0 Å². The molecule has 0 atom stereocenters. The zero-order valence-corrected chi connectivity index (χ0v) is 11.2. The monoisotopic (exact) mass is 280 g/mol. The van der Waals surface area contributed by atoms with Gasteiger partial charge in [-0.25, -0.2) is 8.42 Å². The molecule has 2 N–H and O–H groups in total. The first kappa shape index (κ1) is 13.8. The Bertz CT molecular complexity index is 650. The number of rotatable bonds is 6. The number of fused-ring (bicyclic) bond motifs is 1. The summed E-state index contributed by atoms with van der Waals surface area (Å²) in [7, 11) is -3.38. The van der Waals surface area contributed by atoms with E-state index in [9.17, 15) is 8.42 Å². The molecule has 1 aromatic carbocycles. The van der Waals surface area contributed by atoms with Crippen molar-refractivity contribution in [3.8, 4) is 0 Å². The van der Waals surface area contributed by atoms with Gasteiger partial charge in [0.25, 0.3) is 0 Å². The number of hydrogen-bond acceptors (Lipinski definition) is 4. The minimum atomic E-state index is -3.38. The molecule has 0 spiro atoms. The third-order valence-corrected chi connectivity index (χ3v) is 4.12. The first-order valence-electron chi connectivity index (χ1n) is 6.06. The minimum absolute atomic E-state index is 0.00896. The number of sulfonamides is 1. The first-order valence-corrected chi connectivity index (χ1v) is 7.72. The number of pyridine rings is 1. The number of aromatic nitrogens is 1. The minimum Gasteiger partial charge on any atom is -0.396 e. The fraction of sp³-hybridized carbons (Fsp3) is 0.308. The van der Waals surface area contributed by atoms with Crippen molar-refractivity contribution >= 4 is 26.5 Å². The van der Waals surface area contributed by atoms with Crippen molar-refractivity contribution < 1.29 is 13.5 Å². The van der Waals surface area contributed by atoms with Gasteiger partial charge in [-0.1, -0.05) is 12.1 Å². The molecule has 0 bridgehead atoms. The Morgan fingerprint density at radius 3 is 2.84 bits per heavy atom. The fourth-order valence-electron chi connectivity index (χ4n) is 1.83. The summed E-state index contributed by atoms with van der Waals surface area (Å²) in [5, 5.41) is 10.4. The Morgan fingerprint density at radius 1 is 1.21 bits per heavy atom. The van der Waals surface area contributed by atoms with E-state index in [-0.39, 0.29) is 12.4 Å². The molecule has 0 saturated carbocycles. The number of benzene rings is 1. The molecular weight excluding hydrogens is 264 g/mol. The molecule has 0 aliphatic rings. The number of nitrogens with one attached hydrogen (secondary N) is 1. The number of anilines is 1. The van der Waals surface area contributed by atoms with Crippen LogP contribution in [0.4, 0.5) is 5.69 Å².